The molecule has 5 nitrogen and oxygen atoms in total. The smallest absolute Gasteiger partial charge is 0.255 e. The van der Waals surface area contributed by atoms with Crippen LogP contribution in [-0.4, -0.2) is 30.2 Å². The Hall–Kier alpha value is -2.40. The Kier molecular flexibility index (Phi) is 5.21. The first-order chi connectivity index (χ1) is 11.3. The molecule has 1 amide bonds. The fourth-order valence-electron chi connectivity index (χ4n) is 2.52. The monoisotopic (exact) mass is 312 g/mol. The van der Waals surface area contributed by atoms with E-state index in [2.05, 4.69) is 10.3 Å². The lowest BCUT2D eigenvalue weighted by Crippen LogP contribution is -2.24. The number of hydrogen-bond acceptors (Lipinski definition) is 4. The predicted molar refractivity (Wildman–Crippen MR) is 86.3 cm³/mol. The lowest BCUT2D eigenvalue weighted by atomic mass is 10.1. The number of nitrogens with one attached hydrogen (secondary N) is 1. The first-order valence-electron chi connectivity index (χ1n) is 7.83. The third-order valence-electron chi connectivity index (χ3n) is 3.76. The van der Waals surface area contributed by atoms with Crippen LogP contribution in [0.2, 0.25) is 0 Å². The number of para-hydroxylation sites is 1. The maximum Gasteiger partial charge on any atom is 0.255 e. The van der Waals surface area contributed by atoms with Gasteiger partial charge in [0.15, 0.2) is 0 Å². The lowest BCUT2D eigenvalue weighted by Gasteiger charge is -2.14. The number of benzene rings is 1. The van der Waals surface area contributed by atoms with Gasteiger partial charge in [-0.3, -0.25) is 9.78 Å². The zero-order valence-corrected chi connectivity index (χ0v) is 12.9. The molecule has 2 aromatic rings. The molecule has 1 saturated heterocycles. The highest BCUT2D eigenvalue weighted by Gasteiger charge is 2.18. The van der Waals surface area contributed by atoms with Crippen LogP contribution in [0.25, 0.3) is 0 Å². The molecular weight excluding hydrogens is 292 g/mol. The minimum absolute atomic E-state index is 0.126. The lowest BCUT2D eigenvalue weighted by molar-refractivity contribution is 0.0670. The van der Waals surface area contributed by atoms with Gasteiger partial charge >= 0.3 is 0 Å². The molecule has 1 atom stereocenters. The van der Waals surface area contributed by atoms with Crippen molar-refractivity contribution >= 4 is 5.91 Å². The summed E-state index contributed by atoms with van der Waals surface area (Å²) >= 11 is 0. The van der Waals surface area contributed by atoms with Gasteiger partial charge in [0.25, 0.3) is 5.91 Å². The van der Waals surface area contributed by atoms with Crippen molar-refractivity contribution in [3.8, 4) is 5.75 Å². The van der Waals surface area contributed by atoms with Gasteiger partial charge in [0.05, 0.1) is 11.7 Å². The molecule has 5 heteroatoms. The first kappa shape index (κ1) is 15.5. The Morgan fingerprint density at radius 2 is 2.22 bits per heavy atom. The van der Waals surface area contributed by atoms with Crippen LogP contribution >= 0.6 is 0 Å². The molecule has 120 valence electrons. The van der Waals surface area contributed by atoms with Gasteiger partial charge in [0.2, 0.25) is 0 Å². The number of rotatable bonds is 6. The van der Waals surface area contributed by atoms with E-state index in [9.17, 15) is 4.79 Å². The third kappa shape index (κ3) is 4.29. The quantitative estimate of drug-likeness (QED) is 0.890. The highest BCUT2D eigenvalue weighted by Crippen LogP contribution is 2.20. The van der Waals surface area contributed by atoms with Crippen molar-refractivity contribution in [3.63, 3.8) is 0 Å². The molecule has 23 heavy (non-hydrogen) atoms. The molecule has 1 fully saturated rings. The SMILES string of the molecule is O=C(NCc1cccnc1)c1ccccc1OC[C@@H]1CCCO1. The molecule has 0 saturated carbocycles. The number of aromatic nitrogens is 1. The topological polar surface area (TPSA) is 60.5 Å². The Morgan fingerprint density at radius 1 is 1.30 bits per heavy atom. The van der Waals surface area contributed by atoms with Crippen molar-refractivity contribution in [1.29, 1.82) is 0 Å². The highest BCUT2D eigenvalue weighted by atomic mass is 16.5. The maximum atomic E-state index is 12.4. The minimum atomic E-state index is -0.156. The van der Waals surface area contributed by atoms with Crippen molar-refractivity contribution in [1.82, 2.24) is 10.3 Å². The molecule has 3 rings (SSSR count). The van der Waals surface area contributed by atoms with Crippen LogP contribution in [0.4, 0.5) is 0 Å². The number of carbonyl (C=O) groups is 1. The Balaban J connectivity index is 1.60. The second kappa shape index (κ2) is 7.74. The van der Waals surface area contributed by atoms with E-state index < -0.39 is 0 Å². The summed E-state index contributed by atoms with van der Waals surface area (Å²) in [6.07, 6.45) is 5.65. The molecule has 1 N–H and O–H groups in total. The van der Waals surface area contributed by atoms with Crippen LogP contribution in [0.15, 0.2) is 48.8 Å². The second-order valence-corrected chi connectivity index (χ2v) is 5.49. The summed E-state index contributed by atoms with van der Waals surface area (Å²) < 4.78 is 11.3. The van der Waals surface area contributed by atoms with Crippen molar-refractivity contribution in [2.45, 2.75) is 25.5 Å². The van der Waals surface area contributed by atoms with Gasteiger partial charge in [-0.25, -0.2) is 0 Å². The van der Waals surface area contributed by atoms with Gasteiger partial charge < -0.3 is 14.8 Å². The first-order valence-corrected chi connectivity index (χ1v) is 7.83. The maximum absolute atomic E-state index is 12.4. The van der Waals surface area contributed by atoms with E-state index in [1.165, 1.54) is 0 Å². The zero-order valence-electron chi connectivity index (χ0n) is 12.9. The summed E-state index contributed by atoms with van der Waals surface area (Å²) in [5.74, 6) is 0.434. The molecule has 0 unspecified atom stereocenters. The van der Waals surface area contributed by atoms with Crippen LogP contribution in [-0.2, 0) is 11.3 Å². The highest BCUT2D eigenvalue weighted by molar-refractivity contribution is 5.96. The minimum Gasteiger partial charge on any atom is -0.490 e. The number of amides is 1. The summed E-state index contributed by atoms with van der Waals surface area (Å²) in [6.45, 7) is 1.71. The Labute approximate surface area is 135 Å². The summed E-state index contributed by atoms with van der Waals surface area (Å²) in [5.41, 5.74) is 1.49. The fourth-order valence-corrected chi connectivity index (χ4v) is 2.52. The van der Waals surface area contributed by atoms with Gasteiger partial charge in [0.1, 0.15) is 12.4 Å². The van der Waals surface area contributed by atoms with E-state index in [0.717, 1.165) is 25.0 Å². The average Bonchev–Trinajstić information content (AvgIpc) is 3.12. The second-order valence-electron chi connectivity index (χ2n) is 5.49. The molecule has 0 aliphatic carbocycles. The van der Waals surface area contributed by atoms with E-state index in [1.54, 1.807) is 18.5 Å². The van der Waals surface area contributed by atoms with Crippen LogP contribution < -0.4 is 10.1 Å². The van der Waals surface area contributed by atoms with Crippen molar-refractivity contribution in [2.75, 3.05) is 13.2 Å². The normalized spacial score (nSPS) is 17.0. The van der Waals surface area contributed by atoms with Crippen molar-refractivity contribution in [2.24, 2.45) is 0 Å². The van der Waals surface area contributed by atoms with E-state index >= 15 is 0 Å². The molecule has 1 aromatic heterocycles. The number of hydrogen-bond donors (Lipinski definition) is 1. The van der Waals surface area contributed by atoms with Gasteiger partial charge in [-0.15, -0.1) is 0 Å². The molecular formula is C18H20N2O3. The molecule has 1 aliphatic heterocycles. The van der Waals surface area contributed by atoms with E-state index in [1.807, 2.05) is 30.3 Å². The summed E-state index contributed by atoms with van der Waals surface area (Å²) in [4.78, 5) is 16.4. The van der Waals surface area contributed by atoms with Crippen molar-refractivity contribution < 1.29 is 14.3 Å². The largest absolute Gasteiger partial charge is 0.490 e. The fraction of sp³-hybridized carbons (Fsp3) is 0.333. The van der Waals surface area contributed by atoms with Crippen LogP contribution in [0, 0.1) is 0 Å². The Morgan fingerprint density at radius 3 is 3.00 bits per heavy atom. The number of nitrogens with zero attached hydrogens (tertiary/aromatic N) is 1. The molecule has 0 bridgehead atoms. The Bertz CT molecular complexity index is 640. The average molecular weight is 312 g/mol. The summed E-state index contributed by atoms with van der Waals surface area (Å²) in [7, 11) is 0. The molecule has 2 heterocycles. The third-order valence-corrected chi connectivity index (χ3v) is 3.76. The van der Waals surface area contributed by atoms with Gasteiger partial charge in [0, 0.05) is 25.5 Å². The van der Waals surface area contributed by atoms with E-state index in [0.29, 0.717) is 24.5 Å². The predicted octanol–water partition coefficient (Wildman–Crippen LogP) is 2.57. The van der Waals surface area contributed by atoms with Crippen LogP contribution in [0.5, 0.6) is 5.75 Å². The molecule has 0 spiro atoms. The zero-order chi connectivity index (χ0) is 15.9. The van der Waals surface area contributed by atoms with E-state index in [4.69, 9.17) is 9.47 Å². The molecule has 1 aliphatic rings. The van der Waals surface area contributed by atoms with Crippen molar-refractivity contribution in [3.05, 3.63) is 59.9 Å². The number of pyridine rings is 1. The molecule has 1 aromatic carbocycles. The van der Waals surface area contributed by atoms with Gasteiger partial charge in [-0.05, 0) is 36.6 Å². The van der Waals surface area contributed by atoms with Crippen LogP contribution in [0.1, 0.15) is 28.8 Å². The van der Waals surface area contributed by atoms with Crippen LogP contribution in [0.3, 0.4) is 0 Å². The summed E-state index contributed by atoms with van der Waals surface area (Å²) in [5, 5.41) is 2.89. The van der Waals surface area contributed by atoms with Gasteiger partial charge in [-0.2, -0.15) is 0 Å². The summed E-state index contributed by atoms with van der Waals surface area (Å²) in [6, 6.07) is 11.0. The molecule has 0 radical (unpaired) electrons. The number of ether oxygens (including phenoxy) is 2. The van der Waals surface area contributed by atoms with E-state index in [-0.39, 0.29) is 12.0 Å². The van der Waals surface area contributed by atoms with Gasteiger partial charge in [-0.1, -0.05) is 18.2 Å². The standard InChI is InChI=1S/C18H20N2O3/c21-18(20-12-14-5-3-9-19-11-14)16-7-1-2-8-17(16)23-13-15-6-4-10-22-15/h1-3,5,7-9,11,15H,4,6,10,12-13H2,(H,20,21)/t15-/m0/s1. The number of carbonyl (C=O) groups excluding carboxylic acids is 1.